The first-order valence-corrected chi connectivity index (χ1v) is 8.77. The van der Waals surface area contributed by atoms with Crippen LogP contribution in [0.5, 0.6) is 0 Å². The number of ether oxygens (including phenoxy) is 2. The Balaban J connectivity index is 1.44. The fourth-order valence-electron chi connectivity index (χ4n) is 3.00. The number of rotatable bonds is 3. The third-order valence-electron chi connectivity index (χ3n) is 4.29. The minimum Gasteiger partial charge on any atom is -0.347 e. The molecule has 126 valence electrons. The Labute approximate surface area is 148 Å². The first-order valence-electron chi connectivity index (χ1n) is 7.98. The van der Waals surface area contributed by atoms with Gasteiger partial charge in [0.1, 0.15) is 0 Å². The number of benzene rings is 1. The van der Waals surface area contributed by atoms with Crippen LogP contribution >= 0.6 is 15.9 Å². The molecule has 2 aliphatic heterocycles. The van der Waals surface area contributed by atoms with E-state index in [0.717, 1.165) is 36.1 Å². The van der Waals surface area contributed by atoms with Gasteiger partial charge in [0.2, 0.25) is 5.95 Å². The maximum atomic E-state index is 5.76. The van der Waals surface area contributed by atoms with Crippen molar-refractivity contribution in [1.29, 1.82) is 0 Å². The number of aromatic nitrogens is 3. The van der Waals surface area contributed by atoms with Gasteiger partial charge in [-0.2, -0.15) is 10.1 Å². The summed E-state index contributed by atoms with van der Waals surface area (Å²) in [5, 5.41) is 11.5. The molecule has 1 spiro atoms. The predicted octanol–water partition coefficient (Wildman–Crippen LogP) is 2.72. The molecule has 0 unspecified atom stereocenters. The average molecular weight is 392 g/mol. The Kier molecular flexibility index (Phi) is 4.34. The lowest BCUT2D eigenvalue weighted by atomic mass is 10.0. The van der Waals surface area contributed by atoms with Crippen LogP contribution in [0.2, 0.25) is 0 Å². The van der Waals surface area contributed by atoms with Gasteiger partial charge in [0.15, 0.2) is 11.6 Å². The maximum Gasteiger partial charge on any atom is 0.247 e. The van der Waals surface area contributed by atoms with Crippen molar-refractivity contribution in [3.8, 4) is 0 Å². The van der Waals surface area contributed by atoms with Gasteiger partial charge in [0.25, 0.3) is 0 Å². The number of nitrogens with one attached hydrogen (secondary N) is 1. The van der Waals surface area contributed by atoms with E-state index < -0.39 is 5.79 Å². The van der Waals surface area contributed by atoms with E-state index >= 15 is 0 Å². The predicted molar refractivity (Wildman–Crippen MR) is 93.3 cm³/mol. The van der Waals surface area contributed by atoms with Crippen LogP contribution in [0.15, 0.2) is 34.9 Å². The van der Waals surface area contributed by atoms with Crippen LogP contribution in [0.1, 0.15) is 12.8 Å². The third-order valence-corrected chi connectivity index (χ3v) is 4.81. The van der Waals surface area contributed by atoms with Gasteiger partial charge in [-0.3, -0.25) is 0 Å². The highest BCUT2D eigenvalue weighted by molar-refractivity contribution is 9.10. The normalized spacial score (nSPS) is 19.6. The second kappa shape index (κ2) is 6.62. The van der Waals surface area contributed by atoms with Crippen LogP contribution in [0, 0.1) is 0 Å². The SMILES string of the molecule is Brc1ccc(Nc2cnnc(N3CCC4(CC3)OCCO4)n2)cc1. The van der Waals surface area contributed by atoms with Crippen molar-refractivity contribution in [2.45, 2.75) is 18.6 Å². The van der Waals surface area contributed by atoms with Crippen LogP contribution in [0.4, 0.5) is 17.5 Å². The van der Waals surface area contributed by atoms with Gasteiger partial charge < -0.3 is 19.7 Å². The highest BCUT2D eigenvalue weighted by atomic mass is 79.9. The number of nitrogens with zero attached hydrogens (tertiary/aromatic N) is 4. The first kappa shape index (κ1) is 15.7. The monoisotopic (exact) mass is 391 g/mol. The molecular formula is C16H18BrN5O2. The average Bonchev–Trinajstić information content (AvgIpc) is 3.06. The zero-order valence-electron chi connectivity index (χ0n) is 13.1. The highest BCUT2D eigenvalue weighted by Crippen LogP contribution is 2.32. The number of halogens is 1. The minimum atomic E-state index is -0.392. The number of hydrogen-bond donors (Lipinski definition) is 1. The molecule has 7 nitrogen and oxygen atoms in total. The maximum absolute atomic E-state index is 5.76. The van der Waals surface area contributed by atoms with E-state index in [9.17, 15) is 0 Å². The standard InChI is InChI=1S/C16H18BrN5O2/c17-12-1-3-13(4-2-12)19-14-11-18-21-15(20-14)22-7-5-16(6-8-22)23-9-10-24-16/h1-4,11H,5-10H2,(H,19,20,21). The molecule has 3 heterocycles. The molecule has 0 radical (unpaired) electrons. The number of hydrogen-bond acceptors (Lipinski definition) is 7. The molecule has 2 saturated heterocycles. The Hall–Kier alpha value is -1.77. The van der Waals surface area contributed by atoms with E-state index in [1.807, 2.05) is 24.3 Å². The van der Waals surface area contributed by atoms with Crippen molar-refractivity contribution in [3.63, 3.8) is 0 Å². The quantitative estimate of drug-likeness (QED) is 0.861. The van der Waals surface area contributed by atoms with Crippen LogP contribution in [0.25, 0.3) is 0 Å². The zero-order valence-corrected chi connectivity index (χ0v) is 14.7. The van der Waals surface area contributed by atoms with E-state index in [1.165, 1.54) is 0 Å². The molecular weight excluding hydrogens is 374 g/mol. The van der Waals surface area contributed by atoms with Gasteiger partial charge >= 0.3 is 0 Å². The fourth-order valence-corrected chi connectivity index (χ4v) is 3.27. The molecule has 4 rings (SSSR count). The van der Waals surface area contributed by atoms with Crippen molar-refractivity contribution in [2.24, 2.45) is 0 Å². The second-order valence-corrected chi connectivity index (χ2v) is 6.78. The molecule has 2 aliphatic rings. The summed E-state index contributed by atoms with van der Waals surface area (Å²) < 4.78 is 12.5. The molecule has 0 saturated carbocycles. The summed E-state index contributed by atoms with van der Waals surface area (Å²) in [6.07, 6.45) is 3.27. The molecule has 0 amide bonds. The number of piperidine rings is 1. The molecule has 8 heteroatoms. The first-order chi connectivity index (χ1) is 11.7. The Bertz CT molecular complexity index is 696. The van der Waals surface area contributed by atoms with Gasteiger partial charge in [-0.05, 0) is 24.3 Å². The molecule has 0 aliphatic carbocycles. The van der Waals surface area contributed by atoms with Crippen molar-refractivity contribution in [3.05, 3.63) is 34.9 Å². The molecule has 1 N–H and O–H groups in total. The molecule has 2 fully saturated rings. The summed E-state index contributed by atoms with van der Waals surface area (Å²) >= 11 is 3.43. The van der Waals surface area contributed by atoms with Crippen molar-refractivity contribution < 1.29 is 9.47 Å². The number of anilines is 3. The summed E-state index contributed by atoms with van der Waals surface area (Å²) in [6, 6.07) is 7.91. The third kappa shape index (κ3) is 3.35. The lowest BCUT2D eigenvalue weighted by Gasteiger charge is -2.37. The summed E-state index contributed by atoms with van der Waals surface area (Å²) in [7, 11) is 0. The van der Waals surface area contributed by atoms with Crippen LogP contribution in [-0.2, 0) is 9.47 Å². The lowest BCUT2D eigenvalue weighted by molar-refractivity contribution is -0.169. The summed E-state index contributed by atoms with van der Waals surface area (Å²) in [4.78, 5) is 6.70. The summed E-state index contributed by atoms with van der Waals surface area (Å²) in [5.74, 6) is 0.915. The summed E-state index contributed by atoms with van der Waals surface area (Å²) in [6.45, 7) is 2.96. The molecule has 1 aromatic heterocycles. The van der Waals surface area contributed by atoms with Gasteiger partial charge in [0.05, 0.1) is 19.4 Å². The Morgan fingerprint density at radius 1 is 1.08 bits per heavy atom. The van der Waals surface area contributed by atoms with Crippen molar-refractivity contribution in [2.75, 3.05) is 36.5 Å². The Morgan fingerprint density at radius 2 is 1.79 bits per heavy atom. The zero-order chi connectivity index (χ0) is 16.4. The molecule has 0 bridgehead atoms. The highest BCUT2D eigenvalue weighted by Gasteiger charge is 2.40. The van der Waals surface area contributed by atoms with E-state index in [-0.39, 0.29) is 0 Å². The smallest absolute Gasteiger partial charge is 0.247 e. The lowest BCUT2D eigenvalue weighted by Crippen LogP contribution is -2.45. The van der Waals surface area contributed by atoms with Gasteiger partial charge in [-0.15, -0.1) is 5.10 Å². The molecule has 24 heavy (non-hydrogen) atoms. The summed E-state index contributed by atoms with van der Waals surface area (Å²) in [5.41, 5.74) is 0.954. The molecule has 1 aromatic carbocycles. The van der Waals surface area contributed by atoms with E-state index in [2.05, 4.69) is 41.3 Å². The van der Waals surface area contributed by atoms with Crippen LogP contribution in [0.3, 0.4) is 0 Å². The largest absolute Gasteiger partial charge is 0.347 e. The van der Waals surface area contributed by atoms with Gasteiger partial charge in [-0.1, -0.05) is 15.9 Å². The second-order valence-electron chi connectivity index (χ2n) is 5.87. The Morgan fingerprint density at radius 3 is 2.50 bits per heavy atom. The van der Waals surface area contributed by atoms with Crippen LogP contribution in [-0.4, -0.2) is 47.3 Å². The van der Waals surface area contributed by atoms with Gasteiger partial charge in [0, 0.05) is 36.1 Å². The van der Waals surface area contributed by atoms with Crippen molar-refractivity contribution >= 4 is 33.4 Å². The fraction of sp³-hybridized carbons (Fsp3) is 0.438. The molecule has 0 atom stereocenters. The van der Waals surface area contributed by atoms with Crippen molar-refractivity contribution in [1.82, 2.24) is 15.2 Å². The minimum absolute atomic E-state index is 0.392. The van der Waals surface area contributed by atoms with E-state index in [4.69, 9.17) is 9.47 Å². The van der Waals surface area contributed by atoms with Crippen LogP contribution < -0.4 is 10.2 Å². The van der Waals surface area contributed by atoms with E-state index in [1.54, 1.807) is 6.20 Å². The topological polar surface area (TPSA) is 72.4 Å². The molecule has 2 aromatic rings. The van der Waals surface area contributed by atoms with Gasteiger partial charge in [-0.25, -0.2) is 0 Å². The van der Waals surface area contributed by atoms with E-state index in [0.29, 0.717) is 25.0 Å².